The second-order valence-corrected chi connectivity index (χ2v) is 5.17. The smallest absolute Gasteiger partial charge is 0.229 e. The predicted octanol–water partition coefficient (Wildman–Crippen LogP) is 3.00. The van der Waals surface area contributed by atoms with Gasteiger partial charge in [0.15, 0.2) is 0 Å². The minimum absolute atomic E-state index is 0.541. The van der Waals surface area contributed by atoms with Gasteiger partial charge in [-0.1, -0.05) is 12.1 Å². The molecule has 1 aromatic heterocycles. The number of anilines is 3. The Bertz CT molecular complexity index is 683. The molecule has 0 amide bonds. The first-order valence-corrected chi connectivity index (χ1v) is 7.13. The highest BCUT2D eigenvalue weighted by atomic mass is 15.2. The maximum Gasteiger partial charge on any atom is 0.229 e. The fourth-order valence-corrected chi connectivity index (χ4v) is 2.53. The zero-order valence-corrected chi connectivity index (χ0v) is 12.0. The SMILES string of the molecule is Cc1cc(N2CCCC2)nc(Nc2ccccc2C#N)n1. The van der Waals surface area contributed by atoms with Crippen LogP contribution in [-0.4, -0.2) is 23.1 Å². The first kappa shape index (κ1) is 13.4. The summed E-state index contributed by atoms with van der Waals surface area (Å²) in [4.78, 5) is 11.3. The van der Waals surface area contributed by atoms with Gasteiger partial charge in [-0.15, -0.1) is 0 Å². The summed E-state index contributed by atoms with van der Waals surface area (Å²) in [5.41, 5.74) is 2.24. The van der Waals surface area contributed by atoms with Gasteiger partial charge in [-0.3, -0.25) is 0 Å². The van der Waals surface area contributed by atoms with E-state index in [-0.39, 0.29) is 0 Å². The summed E-state index contributed by atoms with van der Waals surface area (Å²) in [6.07, 6.45) is 2.42. The molecule has 1 N–H and O–H groups in total. The van der Waals surface area contributed by atoms with Crippen LogP contribution in [0.15, 0.2) is 30.3 Å². The molecule has 21 heavy (non-hydrogen) atoms. The van der Waals surface area contributed by atoms with Crippen LogP contribution in [0, 0.1) is 18.3 Å². The van der Waals surface area contributed by atoms with E-state index in [4.69, 9.17) is 5.26 Å². The fraction of sp³-hybridized carbons (Fsp3) is 0.312. The predicted molar refractivity (Wildman–Crippen MR) is 82.7 cm³/mol. The normalized spacial score (nSPS) is 14.0. The lowest BCUT2D eigenvalue weighted by atomic mass is 10.2. The fourth-order valence-electron chi connectivity index (χ4n) is 2.53. The van der Waals surface area contributed by atoms with Crippen molar-refractivity contribution in [2.45, 2.75) is 19.8 Å². The van der Waals surface area contributed by atoms with E-state index >= 15 is 0 Å². The molecule has 106 valence electrons. The van der Waals surface area contributed by atoms with E-state index in [1.165, 1.54) is 12.8 Å². The maximum absolute atomic E-state index is 9.14. The van der Waals surface area contributed by atoms with E-state index < -0.39 is 0 Å². The van der Waals surface area contributed by atoms with E-state index in [2.05, 4.69) is 26.3 Å². The second kappa shape index (κ2) is 5.80. The molecule has 1 aliphatic rings. The van der Waals surface area contributed by atoms with Gasteiger partial charge in [0.2, 0.25) is 5.95 Å². The molecular weight excluding hydrogens is 262 g/mol. The highest BCUT2D eigenvalue weighted by Crippen LogP contribution is 2.22. The van der Waals surface area contributed by atoms with Crippen molar-refractivity contribution in [1.82, 2.24) is 9.97 Å². The van der Waals surface area contributed by atoms with Crippen molar-refractivity contribution in [3.8, 4) is 6.07 Å². The molecule has 2 aromatic rings. The van der Waals surface area contributed by atoms with Crippen molar-refractivity contribution in [3.63, 3.8) is 0 Å². The maximum atomic E-state index is 9.14. The van der Waals surface area contributed by atoms with Gasteiger partial charge >= 0.3 is 0 Å². The molecule has 0 saturated carbocycles. The minimum Gasteiger partial charge on any atom is -0.356 e. The highest BCUT2D eigenvalue weighted by Gasteiger charge is 2.15. The van der Waals surface area contributed by atoms with Crippen molar-refractivity contribution in [2.75, 3.05) is 23.3 Å². The Hall–Kier alpha value is -2.61. The van der Waals surface area contributed by atoms with E-state index in [9.17, 15) is 0 Å². The van der Waals surface area contributed by atoms with Gasteiger partial charge in [0.25, 0.3) is 0 Å². The highest BCUT2D eigenvalue weighted by molar-refractivity contribution is 5.63. The Morgan fingerprint density at radius 1 is 1.19 bits per heavy atom. The molecule has 0 aliphatic carbocycles. The number of nitrogens with zero attached hydrogens (tertiary/aromatic N) is 4. The van der Waals surface area contributed by atoms with Crippen molar-refractivity contribution in [2.24, 2.45) is 0 Å². The first-order chi connectivity index (χ1) is 10.3. The van der Waals surface area contributed by atoms with Gasteiger partial charge in [0, 0.05) is 24.8 Å². The number of aromatic nitrogens is 2. The Kier molecular flexibility index (Phi) is 3.69. The number of aryl methyl sites for hydroxylation is 1. The lowest BCUT2D eigenvalue weighted by Crippen LogP contribution is -2.19. The first-order valence-electron chi connectivity index (χ1n) is 7.13. The molecule has 3 rings (SSSR count). The molecule has 0 bridgehead atoms. The number of benzene rings is 1. The molecule has 1 fully saturated rings. The van der Waals surface area contributed by atoms with Crippen LogP contribution in [0.25, 0.3) is 0 Å². The van der Waals surface area contributed by atoms with Crippen molar-refractivity contribution in [1.29, 1.82) is 5.26 Å². The number of nitriles is 1. The number of para-hydroxylation sites is 1. The van der Waals surface area contributed by atoms with Crippen LogP contribution in [0.2, 0.25) is 0 Å². The van der Waals surface area contributed by atoms with Crippen LogP contribution in [-0.2, 0) is 0 Å². The van der Waals surface area contributed by atoms with Gasteiger partial charge < -0.3 is 10.2 Å². The number of hydrogen-bond acceptors (Lipinski definition) is 5. The summed E-state index contributed by atoms with van der Waals surface area (Å²) in [5.74, 6) is 1.50. The lowest BCUT2D eigenvalue weighted by molar-refractivity contribution is 0.923. The van der Waals surface area contributed by atoms with E-state index in [0.717, 1.165) is 30.3 Å². The average molecular weight is 279 g/mol. The van der Waals surface area contributed by atoms with Crippen molar-refractivity contribution >= 4 is 17.5 Å². The van der Waals surface area contributed by atoms with E-state index in [1.807, 2.05) is 31.2 Å². The number of rotatable bonds is 3. The lowest BCUT2D eigenvalue weighted by Gasteiger charge is -2.17. The third-order valence-electron chi connectivity index (χ3n) is 3.56. The van der Waals surface area contributed by atoms with Crippen LogP contribution < -0.4 is 10.2 Å². The second-order valence-electron chi connectivity index (χ2n) is 5.17. The quantitative estimate of drug-likeness (QED) is 0.935. The Morgan fingerprint density at radius 3 is 2.71 bits per heavy atom. The monoisotopic (exact) mass is 279 g/mol. The van der Waals surface area contributed by atoms with Crippen molar-refractivity contribution in [3.05, 3.63) is 41.6 Å². The van der Waals surface area contributed by atoms with Gasteiger partial charge in [-0.05, 0) is 31.9 Å². The number of hydrogen-bond donors (Lipinski definition) is 1. The third-order valence-corrected chi connectivity index (χ3v) is 3.56. The minimum atomic E-state index is 0.541. The molecule has 1 saturated heterocycles. The topological polar surface area (TPSA) is 64.8 Å². The summed E-state index contributed by atoms with van der Waals surface area (Å²) in [6.45, 7) is 4.05. The molecule has 2 heterocycles. The van der Waals surface area contributed by atoms with E-state index in [1.54, 1.807) is 6.07 Å². The molecular formula is C16H17N5. The zero-order valence-electron chi connectivity index (χ0n) is 12.0. The summed E-state index contributed by atoms with van der Waals surface area (Å²) in [7, 11) is 0. The van der Waals surface area contributed by atoms with Gasteiger partial charge in [-0.2, -0.15) is 10.2 Å². The molecule has 5 heteroatoms. The third kappa shape index (κ3) is 2.95. The molecule has 0 atom stereocenters. The summed E-state index contributed by atoms with van der Waals surface area (Å²) < 4.78 is 0. The van der Waals surface area contributed by atoms with Crippen LogP contribution in [0.3, 0.4) is 0 Å². The average Bonchev–Trinajstić information content (AvgIpc) is 3.01. The zero-order chi connectivity index (χ0) is 14.7. The summed E-state index contributed by atoms with van der Waals surface area (Å²) in [5, 5.41) is 12.3. The summed E-state index contributed by atoms with van der Waals surface area (Å²) >= 11 is 0. The standard InChI is InChI=1S/C16H17N5/c1-12-10-15(21-8-4-5-9-21)20-16(18-12)19-14-7-3-2-6-13(14)11-17/h2-3,6-7,10H,4-5,8-9H2,1H3,(H,18,19,20). The summed E-state index contributed by atoms with van der Waals surface area (Å²) in [6, 6.07) is 11.5. The molecule has 1 aromatic carbocycles. The largest absolute Gasteiger partial charge is 0.356 e. The molecule has 0 unspecified atom stereocenters. The van der Waals surface area contributed by atoms with Crippen LogP contribution in [0.4, 0.5) is 17.5 Å². The molecule has 0 spiro atoms. The number of nitrogens with one attached hydrogen (secondary N) is 1. The Balaban J connectivity index is 1.90. The van der Waals surface area contributed by atoms with Crippen LogP contribution in [0.1, 0.15) is 24.1 Å². The molecule has 5 nitrogen and oxygen atoms in total. The van der Waals surface area contributed by atoms with Crippen LogP contribution in [0.5, 0.6) is 0 Å². The molecule has 0 radical (unpaired) electrons. The Morgan fingerprint density at radius 2 is 1.95 bits per heavy atom. The molecule has 1 aliphatic heterocycles. The van der Waals surface area contributed by atoms with Gasteiger partial charge in [0.05, 0.1) is 11.3 Å². The van der Waals surface area contributed by atoms with Gasteiger partial charge in [0.1, 0.15) is 11.9 Å². The van der Waals surface area contributed by atoms with Crippen molar-refractivity contribution < 1.29 is 0 Å². The van der Waals surface area contributed by atoms with E-state index in [0.29, 0.717) is 11.5 Å². The van der Waals surface area contributed by atoms with Gasteiger partial charge in [-0.25, -0.2) is 4.98 Å². The Labute approximate surface area is 124 Å². The van der Waals surface area contributed by atoms with Crippen LogP contribution >= 0.6 is 0 Å².